The van der Waals surface area contributed by atoms with Gasteiger partial charge in [-0.05, 0) is 12.8 Å². The smallest absolute Gasteiger partial charge is 0.340 e. The first-order chi connectivity index (χ1) is 22.1. The molecule has 0 radical (unpaired) electrons. The van der Waals surface area contributed by atoms with Gasteiger partial charge in [0.05, 0.1) is 0 Å². The largest absolute Gasteiger partial charge is 0.368 e. The summed E-state index contributed by atoms with van der Waals surface area (Å²) in [5.41, 5.74) is 0.757. The summed E-state index contributed by atoms with van der Waals surface area (Å²) in [6.45, 7) is 4.49. The number of aliphatic hydroxyl groups is 1. The van der Waals surface area contributed by atoms with Crippen molar-refractivity contribution in [1.82, 2.24) is 0 Å². The molecule has 0 fully saturated rings. The molecule has 0 heterocycles. The second-order valence-electron chi connectivity index (χ2n) is 14.1. The quantitative estimate of drug-likeness (QED) is 0.0295. The normalized spacial score (nSPS) is 14.0. The van der Waals surface area contributed by atoms with E-state index in [4.69, 9.17) is 5.73 Å². The highest BCUT2D eigenvalue weighted by Gasteiger charge is 2.52. The molecular weight excluding hydrogens is 597 g/mol. The predicted molar refractivity (Wildman–Crippen MR) is 194 cm³/mol. The zero-order chi connectivity index (χ0) is 34.4. The van der Waals surface area contributed by atoms with Crippen LogP contribution in [0.3, 0.4) is 0 Å². The highest BCUT2D eigenvalue weighted by atomic mass is 31.2. The molecule has 2 atom stereocenters. The Kier molecular flexibility index (Phi) is 30.1. The molecule has 0 aromatic heterocycles. The van der Waals surface area contributed by atoms with E-state index in [1.54, 1.807) is 0 Å². The maximum absolute atomic E-state index is 12.8. The molecule has 0 aliphatic rings. The first-order valence-corrected chi connectivity index (χ1v) is 21.4. The van der Waals surface area contributed by atoms with Gasteiger partial charge in [0.2, 0.25) is 0 Å². The van der Waals surface area contributed by atoms with Gasteiger partial charge in [-0.3, -0.25) is 19.9 Å². The molecule has 0 aliphatic carbocycles. The van der Waals surface area contributed by atoms with Gasteiger partial charge >= 0.3 is 7.60 Å². The first-order valence-electron chi connectivity index (χ1n) is 19.7. The van der Waals surface area contributed by atoms with E-state index in [0.29, 0.717) is 12.8 Å². The molecular formula is C38H76NO6P. The van der Waals surface area contributed by atoms with Crippen molar-refractivity contribution < 1.29 is 29.0 Å². The maximum Gasteiger partial charge on any atom is 0.340 e. The Morgan fingerprint density at radius 3 is 1.00 bits per heavy atom. The molecule has 0 rings (SSSR count). The third-order valence-corrected chi connectivity index (χ3v) is 10.9. The Morgan fingerprint density at radius 2 is 0.739 bits per heavy atom. The molecule has 0 saturated heterocycles. The van der Waals surface area contributed by atoms with Crippen LogP contribution in [0.25, 0.3) is 0 Å². The Balaban J connectivity index is 4.06. The van der Waals surface area contributed by atoms with Gasteiger partial charge in [0, 0.05) is 12.8 Å². The van der Waals surface area contributed by atoms with Gasteiger partial charge in [-0.2, -0.15) is 0 Å². The van der Waals surface area contributed by atoms with Crippen molar-refractivity contribution >= 4 is 19.2 Å². The fraction of sp³-hybridized carbons (Fsp3) is 0.947. The van der Waals surface area contributed by atoms with E-state index in [1.165, 1.54) is 135 Å². The van der Waals surface area contributed by atoms with Crippen molar-refractivity contribution in [3.8, 4) is 0 Å². The van der Waals surface area contributed by atoms with E-state index in [9.17, 15) is 29.0 Å². The summed E-state index contributed by atoms with van der Waals surface area (Å²) >= 11 is 0. The Morgan fingerprint density at radius 1 is 0.500 bits per heavy atom. The van der Waals surface area contributed by atoms with Crippen LogP contribution in [0, 0.1) is 0 Å². The van der Waals surface area contributed by atoms with E-state index in [-0.39, 0.29) is 12.8 Å². The van der Waals surface area contributed by atoms with Crippen molar-refractivity contribution in [2.45, 2.75) is 231 Å². The minimum atomic E-state index is -5.12. The number of unbranched alkanes of at least 4 members (excludes halogenated alkanes) is 28. The number of ketones is 2. The van der Waals surface area contributed by atoms with Gasteiger partial charge in [0.15, 0.2) is 23.0 Å². The molecule has 0 saturated carbocycles. The standard InChI is InChI=1S/C38H76NO6P/c1-3-5-7-9-11-13-15-17-19-21-23-25-27-29-31-33-35(40)37(46(43,44)45)38(39,42)36(41)34-32-30-28-26-24-22-20-18-16-14-12-10-8-6-4-2/h37,42H,3-34,39H2,1-2H3,(H2,43,44,45). The second-order valence-corrected chi connectivity index (χ2v) is 15.8. The van der Waals surface area contributed by atoms with Crippen LogP contribution in [0.2, 0.25) is 0 Å². The lowest BCUT2D eigenvalue weighted by Crippen LogP contribution is -2.59. The highest BCUT2D eigenvalue weighted by Crippen LogP contribution is 2.46. The van der Waals surface area contributed by atoms with Gasteiger partial charge in [0.1, 0.15) is 0 Å². The lowest BCUT2D eigenvalue weighted by atomic mass is 9.94. The Labute approximate surface area is 284 Å². The van der Waals surface area contributed by atoms with Crippen LogP contribution < -0.4 is 5.73 Å². The van der Waals surface area contributed by atoms with Gasteiger partial charge in [-0.25, -0.2) is 0 Å². The molecule has 0 aromatic rings. The number of carbonyl (C=O) groups is 2. The number of hydrogen-bond donors (Lipinski definition) is 4. The zero-order valence-electron chi connectivity index (χ0n) is 30.3. The summed E-state index contributed by atoms with van der Waals surface area (Å²) in [5, 5.41) is 10.7. The second kappa shape index (κ2) is 30.5. The zero-order valence-corrected chi connectivity index (χ0v) is 31.2. The van der Waals surface area contributed by atoms with Gasteiger partial charge in [0.25, 0.3) is 0 Å². The SMILES string of the molecule is CCCCCCCCCCCCCCCCCC(=O)C(C(N)(O)C(=O)CCCCCCCCCCCCCCCCC)P(=O)(O)O. The first kappa shape index (κ1) is 45.4. The number of hydrogen-bond acceptors (Lipinski definition) is 5. The average Bonchev–Trinajstić information content (AvgIpc) is 3.00. The van der Waals surface area contributed by atoms with E-state index in [1.807, 2.05) is 0 Å². The summed E-state index contributed by atoms with van der Waals surface area (Å²) in [6.07, 6.45) is 35.1. The molecule has 274 valence electrons. The fourth-order valence-corrected chi connectivity index (χ4v) is 7.67. The van der Waals surface area contributed by atoms with Crippen molar-refractivity contribution in [3.63, 3.8) is 0 Å². The molecule has 5 N–H and O–H groups in total. The molecule has 0 bridgehead atoms. The molecule has 7 nitrogen and oxygen atoms in total. The van der Waals surface area contributed by atoms with Gasteiger partial charge in [-0.15, -0.1) is 0 Å². The third-order valence-electron chi connectivity index (χ3n) is 9.54. The van der Waals surface area contributed by atoms with Crippen molar-refractivity contribution in [2.24, 2.45) is 5.73 Å². The minimum absolute atomic E-state index is 0.0893. The van der Waals surface area contributed by atoms with Crippen molar-refractivity contribution in [3.05, 3.63) is 0 Å². The summed E-state index contributed by atoms with van der Waals surface area (Å²) in [6, 6.07) is 0. The predicted octanol–water partition coefficient (Wildman–Crippen LogP) is 10.8. The molecule has 0 aromatic carbocycles. The van der Waals surface area contributed by atoms with E-state index < -0.39 is 30.5 Å². The minimum Gasteiger partial charge on any atom is -0.368 e. The van der Waals surface area contributed by atoms with Crippen molar-refractivity contribution in [2.75, 3.05) is 0 Å². The summed E-state index contributed by atoms with van der Waals surface area (Å²) in [4.78, 5) is 45.3. The topological polar surface area (TPSA) is 138 Å². The van der Waals surface area contributed by atoms with E-state index >= 15 is 0 Å². The fourth-order valence-electron chi connectivity index (χ4n) is 6.51. The highest BCUT2D eigenvalue weighted by molar-refractivity contribution is 7.54. The molecule has 0 amide bonds. The summed E-state index contributed by atoms with van der Waals surface area (Å²) in [5.74, 6) is -1.68. The number of Topliss-reactive ketones (excluding diaryl/α,β-unsaturated/α-hetero) is 2. The molecule has 46 heavy (non-hydrogen) atoms. The maximum atomic E-state index is 12.8. The monoisotopic (exact) mass is 674 g/mol. The van der Waals surface area contributed by atoms with Gasteiger partial charge in [-0.1, -0.05) is 194 Å². The lowest BCUT2D eigenvalue weighted by molar-refractivity contribution is -0.142. The van der Waals surface area contributed by atoms with Crippen LogP contribution in [0.15, 0.2) is 0 Å². The van der Waals surface area contributed by atoms with Gasteiger partial charge < -0.3 is 14.9 Å². The van der Waals surface area contributed by atoms with Crippen LogP contribution >= 0.6 is 7.60 Å². The summed E-state index contributed by atoms with van der Waals surface area (Å²) in [7, 11) is -5.12. The van der Waals surface area contributed by atoms with Crippen LogP contribution in [-0.2, 0) is 14.2 Å². The van der Waals surface area contributed by atoms with Crippen LogP contribution in [0.1, 0.15) is 219 Å². The van der Waals surface area contributed by atoms with Crippen LogP contribution in [0.5, 0.6) is 0 Å². The van der Waals surface area contributed by atoms with Crippen molar-refractivity contribution in [1.29, 1.82) is 0 Å². The third kappa shape index (κ3) is 25.4. The van der Waals surface area contributed by atoms with E-state index in [2.05, 4.69) is 13.8 Å². The Hall–Kier alpha value is -0.590. The number of carbonyl (C=O) groups excluding carboxylic acids is 2. The molecule has 0 aliphatic heterocycles. The number of rotatable bonds is 36. The Bertz CT molecular complexity index is 768. The summed E-state index contributed by atoms with van der Waals surface area (Å²) < 4.78 is 12.2. The van der Waals surface area contributed by atoms with E-state index in [0.717, 1.165) is 44.9 Å². The average molecular weight is 674 g/mol. The van der Waals surface area contributed by atoms with Crippen LogP contribution in [0.4, 0.5) is 0 Å². The molecule has 2 unspecified atom stereocenters. The molecule has 8 heteroatoms. The lowest BCUT2D eigenvalue weighted by Gasteiger charge is -2.30. The number of nitrogens with two attached hydrogens (primary N) is 1. The molecule has 0 spiro atoms. The van der Waals surface area contributed by atoms with Crippen LogP contribution in [-0.4, -0.2) is 37.8 Å².